The molecule has 0 saturated carbocycles. The number of benzene rings is 2. The van der Waals surface area contributed by atoms with Crippen molar-refractivity contribution in [3.8, 4) is 11.5 Å². The van der Waals surface area contributed by atoms with E-state index in [4.69, 9.17) is 4.42 Å². The molecule has 0 aliphatic carbocycles. The summed E-state index contributed by atoms with van der Waals surface area (Å²) in [6.07, 6.45) is -3.36. The first kappa shape index (κ1) is 20.6. The largest absolute Gasteiger partial charge is 0.444 e. The number of rotatable bonds is 4. The number of nitrogens with one attached hydrogen (secondary N) is 1. The summed E-state index contributed by atoms with van der Waals surface area (Å²) < 4.78 is 45.8. The second-order valence-electron chi connectivity index (χ2n) is 7.50. The van der Waals surface area contributed by atoms with E-state index in [2.05, 4.69) is 10.3 Å². The van der Waals surface area contributed by atoms with Crippen LogP contribution in [0.1, 0.15) is 29.3 Å². The second-order valence-corrected chi connectivity index (χ2v) is 7.50. The molecule has 1 aliphatic heterocycles. The Bertz CT molecular complexity index is 1150. The second kappa shape index (κ2) is 7.26. The van der Waals surface area contributed by atoms with Crippen molar-refractivity contribution in [3.05, 3.63) is 77.2 Å². The molecular weight excluding hydrogens is 411 g/mol. The van der Waals surface area contributed by atoms with Crippen LogP contribution in [0.15, 0.2) is 59.2 Å². The molecule has 9 heteroatoms. The maximum Gasteiger partial charge on any atom is 0.416 e. The zero-order valence-corrected chi connectivity index (χ0v) is 16.7. The monoisotopic (exact) mass is 429 g/mol. The average Bonchev–Trinajstić information content (AvgIpc) is 3.27. The lowest BCUT2D eigenvalue weighted by Gasteiger charge is -2.25. The number of halogens is 3. The fraction of sp³-hybridized carbons (Fsp3) is 0.227. The van der Waals surface area contributed by atoms with Gasteiger partial charge in [0.2, 0.25) is 5.89 Å². The van der Waals surface area contributed by atoms with Crippen LogP contribution in [-0.4, -0.2) is 21.8 Å². The summed E-state index contributed by atoms with van der Waals surface area (Å²) in [6, 6.07) is 11.3. The third-order valence-corrected chi connectivity index (χ3v) is 5.22. The number of urea groups is 1. The Morgan fingerprint density at radius 2 is 1.77 bits per heavy atom. The molecule has 0 bridgehead atoms. The fourth-order valence-electron chi connectivity index (χ4n) is 3.56. The van der Waals surface area contributed by atoms with E-state index < -0.39 is 29.2 Å². The Balaban J connectivity index is 1.61. The SMILES string of the molecule is Cc1ccc(-c2nc(CN3C(=O)N[C@@](C)(c4ccccc4C(F)(F)F)C3=O)co2)cc1. The smallest absolute Gasteiger partial charge is 0.416 e. The number of aryl methyl sites for hydroxylation is 1. The summed E-state index contributed by atoms with van der Waals surface area (Å²) in [7, 11) is 0. The quantitative estimate of drug-likeness (QED) is 0.614. The summed E-state index contributed by atoms with van der Waals surface area (Å²) in [4.78, 5) is 30.7. The number of nitrogens with zero attached hydrogens (tertiary/aromatic N) is 2. The Hall–Kier alpha value is -3.62. The van der Waals surface area contributed by atoms with E-state index >= 15 is 0 Å². The molecule has 1 N–H and O–H groups in total. The molecule has 2 heterocycles. The van der Waals surface area contributed by atoms with Gasteiger partial charge in [0.15, 0.2) is 0 Å². The van der Waals surface area contributed by atoms with Crippen LogP contribution in [0.4, 0.5) is 18.0 Å². The van der Waals surface area contributed by atoms with Gasteiger partial charge in [0.1, 0.15) is 11.8 Å². The number of imide groups is 1. The number of aromatic nitrogens is 1. The Morgan fingerprint density at radius 3 is 2.45 bits per heavy atom. The molecule has 160 valence electrons. The molecule has 3 amide bonds. The van der Waals surface area contributed by atoms with E-state index in [1.165, 1.54) is 31.4 Å². The summed E-state index contributed by atoms with van der Waals surface area (Å²) in [5, 5.41) is 2.40. The maximum atomic E-state index is 13.5. The molecule has 1 aromatic heterocycles. The Labute approximate surface area is 175 Å². The zero-order chi connectivity index (χ0) is 22.4. The van der Waals surface area contributed by atoms with Crippen molar-refractivity contribution in [2.75, 3.05) is 0 Å². The van der Waals surface area contributed by atoms with E-state index in [9.17, 15) is 22.8 Å². The lowest BCUT2D eigenvalue weighted by atomic mass is 9.87. The first-order valence-electron chi connectivity index (χ1n) is 9.42. The first-order chi connectivity index (χ1) is 14.6. The molecule has 31 heavy (non-hydrogen) atoms. The van der Waals surface area contributed by atoms with Crippen LogP contribution >= 0.6 is 0 Å². The van der Waals surface area contributed by atoms with Crippen LogP contribution in [0.5, 0.6) is 0 Å². The predicted octanol–water partition coefficient (Wildman–Crippen LogP) is 4.64. The van der Waals surface area contributed by atoms with Crippen LogP contribution in [0.2, 0.25) is 0 Å². The third-order valence-electron chi connectivity index (χ3n) is 5.22. The standard InChI is InChI=1S/C22H18F3N3O3/c1-13-7-9-14(10-8-13)18-26-15(12-31-18)11-28-19(29)21(2,27-20(28)30)16-5-3-4-6-17(16)22(23,24)25/h3-10,12H,11H2,1-2H3,(H,27,30)/t21-/m0/s1. The van der Waals surface area contributed by atoms with E-state index in [1.807, 2.05) is 31.2 Å². The molecule has 0 radical (unpaired) electrons. The van der Waals surface area contributed by atoms with Crippen molar-refractivity contribution in [3.63, 3.8) is 0 Å². The van der Waals surface area contributed by atoms with Gasteiger partial charge in [-0.2, -0.15) is 13.2 Å². The van der Waals surface area contributed by atoms with Crippen molar-refractivity contribution >= 4 is 11.9 Å². The highest BCUT2D eigenvalue weighted by atomic mass is 19.4. The van der Waals surface area contributed by atoms with E-state index in [0.717, 1.165) is 22.1 Å². The van der Waals surface area contributed by atoms with Gasteiger partial charge in [-0.1, -0.05) is 35.9 Å². The minimum Gasteiger partial charge on any atom is -0.444 e. The molecule has 1 fully saturated rings. The summed E-state index contributed by atoms with van der Waals surface area (Å²) in [5.74, 6) is -0.485. The van der Waals surface area contributed by atoms with Crippen LogP contribution in [0, 0.1) is 6.92 Å². The predicted molar refractivity (Wildman–Crippen MR) is 105 cm³/mol. The number of carbonyl (C=O) groups is 2. The molecule has 1 saturated heterocycles. The molecule has 0 unspecified atom stereocenters. The highest BCUT2D eigenvalue weighted by molar-refractivity contribution is 6.07. The van der Waals surface area contributed by atoms with Gasteiger partial charge < -0.3 is 9.73 Å². The average molecular weight is 429 g/mol. The van der Waals surface area contributed by atoms with Crippen molar-refractivity contribution < 1.29 is 27.2 Å². The number of carbonyl (C=O) groups excluding carboxylic acids is 2. The van der Waals surface area contributed by atoms with Gasteiger partial charge in [-0.15, -0.1) is 0 Å². The Kier molecular flexibility index (Phi) is 4.83. The minimum atomic E-state index is -4.67. The summed E-state index contributed by atoms with van der Waals surface area (Å²) in [6.45, 7) is 2.97. The number of oxazole rings is 1. The molecule has 6 nitrogen and oxygen atoms in total. The lowest BCUT2D eigenvalue weighted by molar-refractivity contribution is -0.140. The molecule has 1 aliphatic rings. The fourth-order valence-corrected chi connectivity index (χ4v) is 3.56. The zero-order valence-electron chi connectivity index (χ0n) is 16.7. The van der Waals surface area contributed by atoms with Gasteiger partial charge >= 0.3 is 12.2 Å². The highest BCUT2D eigenvalue weighted by Crippen LogP contribution is 2.39. The van der Waals surface area contributed by atoms with Crippen LogP contribution in [0.3, 0.4) is 0 Å². The van der Waals surface area contributed by atoms with Crippen LogP contribution in [0.25, 0.3) is 11.5 Å². The molecule has 0 spiro atoms. The maximum absolute atomic E-state index is 13.5. The number of hydrogen-bond acceptors (Lipinski definition) is 4. The van der Waals surface area contributed by atoms with E-state index in [0.29, 0.717) is 11.6 Å². The summed E-state index contributed by atoms with van der Waals surface area (Å²) in [5.41, 5.74) is -1.06. The summed E-state index contributed by atoms with van der Waals surface area (Å²) >= 11 is 0. The third kappa shape index (κ3) is 3.67. The minimum absolute atomic E-state index is 0.232. The van der Waals surface area contributed by atoms with Crippen LogP contribution < -0.4 is 5.32 Å². The van der Waals surface area contributed by atoms with Gasteiger partial charge in [0, 0.05) is 5.56 Å². The number of amides is 3. The normalized spacial score (nSPS) is 19.1. The van der Waals surface area contributed by atoms with Crippen molar-refractivity contribution in [1.82, 2.24) is 15.2 Å². The topological polar surface area (TPSA) is 75.4 Å². The molecule has 1 atom stereocenters. The van der Waals surface area contributed by atoms with Gasteiger partial charge in [0.05, 0.1) is 17.8 Å². The van der Waals surface area contributed by atoms with Gasteiger partial charge in [-0.3, -0.25) is 9.69 Å². The van der Waals surface area contributed by atoms with Gasteiger partial charge in [-0.25, -0.2) is 9.78 Å². The van der Waals surface area contributed by atoms with Crippen molar-refractivity contribution in [2.24, 2.45) is 0 Å². The van der Waals surface area contributed by atoms with Crippen LogP contribution in [-0.2, 0) is 23.1 Å². The van der Waals surface area contributed by atoms with E-state index in [-0.39, 0.29) is 12.1 Å². The highest BCUT2D eigenvalue weighted by Gasteiger charge is 2.52. The molecule has 3 aromatic rings. The number of hydrogen-bond donors (Lipinski definition) is 1. The first-order valence-corrected chi connectivity index (χ1v) is 9.42. The lowest BCUT2D eigenvalue weighted by Crippen LogP contribution is -2.42. The Morgan fingerprint density at radius 1 is 1.10 bits per heavy atom. The van der Waals surface area contributed by atoms with E-state index in [1.54, 1.807) is 0 Å². The molecule has 4 rings (SSSR count). The number of alkyl halides is 3. The molecular formula is C22H18F3N3O3. The van der Waals surface area contributed by atoms with Crippen molar-refractivity contribution in [1.29, 1.82) is 0 Å². The molecule has 2 aromatic carbocycles. The van der Waals surface area contributed by atoms with Crippen molar-refractivity contribution in [2.45, 2.75) is 32.1 Å². The van der Waals surface area contributed by atoms with Gasteiger partial charge in [0.25, 0.3) is 5.91 Å². The van der Waals surface area contributed by atoms with Gasteiger partial charge in [-0.05, 0) is 37.6 Å².